The van der Waals surface area contributed by atoms with Crippen LogP contribution >= 0.6 is 24.0 Å². The Balaban J connectivity index is 0.00000196. The minimum absolute atomic E-state index is 0. The second-order valence-electron chi connectivity index (χ2n) is 7.91. The van der Waals surface area contributed by atoms with Gasteiger partial charge in [-0.25, -0.2) is 0 Å². The molecule has 0 radical (unpaired) electrons. The summed E-state index contributed by atoms with van der Waals surface area (Å²) < 4.78 is 5.99. The van der Waals surface area contributed by atoms with E-state index < -0.39 is 0 Å². The highest BCUT2D eigenvalue weighted by atomic mass is 127. The van der Waals surface area contributed by atoms with Gasteiger partial charge in [-0.15, -0.1) is 24.0 Å². The molecule has 2 saturated heterocycles. The average Bonchev–Trinajstić information content (AvgIpc) is 3.38. The third-order valence-electron chi connectivity index (χ3n) is 6.26. The molecule has 0 spiro atoms. The highest BCUT2D eigenvalue weighted by Crippen LogP contribution is 2.41. The molecule has 1 aromatic carbocycles. The van der Waals surface area contributed by atoms with E-state index in [1.165, 1.54) is 44.1 Å². The van der Waals surface area contributed by atoms with Crippen LogP contribution in [0.4, 0.5) is 0 Å². The Labute approximate surface area is 174 Å². The molecule has 3 aliphatic rings. The number of ether oxygens (including phenoxy) is 1. The number of fused-ring (bicyclic) bond motifs is 2. The van der Waals surface area contributed by atoms with E-state index in [0.717, 1.165) is 25.5 Å². The Hall–Kier alpha value is -0.820. The molecule has 2 heterocycles. The van der Waals surface area contributed by atoms with Crippen LogP contribution in [-0.2, 0) is 10.2 Å². The topological polar surface area (TPSA) is 45.7 Å². The summed E-state index contributed by atoms with van der Waals surface area (Å²) in [5, 5.41) is 7.10. The van der Waals surface area contributed by atoms with Gasteiger partial charge in [-0.2, -0.15) is 0 Å². The molecule has 4 nitrogen and oxygen atoms in total. The summed E-state index contributed by atoms with van der Waals surface area (Å²) in [4.78, 5) is 5.03. The summed E-state index contributed by atoms with van der Waals surface area (Å²) in [5.74, 6) is 0.964. The fourth-order valence-electron chi connectivity index (χ4n) is 4.90. The van der Waals surface area contributed by atoms with Gasteiger partial charge in [0.2, 0.25) is 0 Å². The lowest BCUT2D eigenvalue weighted by molar-refractivity contribution is 0.0992. The van der Waals surface area contributed by atoms with Crippen LogP contribution in [0.15, 0.2) is 35.3 Å². The lowest BCUT2D eigenvalue weighted by Gasteiger charge is -2.29. The van der Waals surface area contributed by atoms with Crippen molar-refractivity contribution in [1.29, 1.82) is 0 Å². The van der Waals surface area contributed by atoms with Crippen molar-refractivity contribution in [3.8, 4) is 0 Å². The van der Waals surface area contributed by atoms with Crippen LogP contribution in [0.25, 0.3) is 0 Å². The number of aliphatic imine (C=N–C) groups is 1. The normalized spacial score (nSPS) is 29.4. The molecule has 0 amide bonds. The van der Waals surface area contributed by atoms with Crippen molar-refractivity contribution < 1.29 is 4.74 Å². The average molecular weight is 469 g/mol. The summed E-state index contributed by atoms with van der Waals surface area (Å²) in [7, 11) is 0. The zero-order chi connectivity index (χ0) is 17.1. The fraction of sp³-hybridized carbons (Fsp3) is 0.667. The number of hydrogen-bond acceptors (Lipinski definition) is 2. The SMILES string of the molecule is CCNC(=NCC1(c2ccccc2)CCCC1)NC1CC2CCC1O2.I. The van der Waals surface area contributed by atoms with Crippen LogP contribution in [0.1, 0.15) is 57.4 Å². The minimum atomic E-state index is 0. The smallest absolute Gasteiger partial charge is 0.191 e. The summed E-state index contributed by atoms with van der Waals surface area (Å²) in [6.07, 6.45) is 9.51. The molecule has 3 atom stereocenters. The predicted octanol–water partition coefficient (Wildman–Crippen LogP) is 3.99. The third kappa shape index (κ3) is 4.19. The van der Waals surface area contributed by atoms with Crippen LogP contribution in [0.3, 0.4) is 0 Å². The van der Waals surface area contributed by atoms with Crippen molar-refractivity contribution in [1.82, 2.24) is 10.6 Å². The number of hydrogen-bond donors (Lipinski definition) is 2. The summed E-state index contributed by atoms with van der Waals surface area (Å²) in [6, 6.07) is 11.4. The van der Waals surface area contributed by atoms with Crippen LogP contribution < -0.4 is 10.6 Å². The number of benzene rings is 1. The Morgan fingerprint density at radius 1 is 1.19 bits per heavy atom. The number of rotatable bonds is 5. The number of nitrogens with zero attached hydrogens (tertiary/aromatic N) is 1. The molecule has 1 aliphatic carbocycles. The highest BCUT2D eigenvalue weighted by Gasteiger charge is 2.41. The number of halogens is 1. The second-order valence-corrected chi connectivity index (χ2v) is 7.91. The van der Waals surface area contributed by atoms with Crippen molar-refractivity contribution in [3.63, 3.8) is 0 Å². The molecular weight excluding hydrogens is 437 g/mol. The van der Waals surface area contributed by atoms with Gasteiger partial charge in [0.25, 0.3) is 0 Å². The first kappa shape index (κ1) is 19.9. The maximum Gasteiger partial charge on any atom is 0.191 e. The van der Waals surface area contributed by atoms with Crippen molar-refractivity contribution >= 4 is 29.9 Å². The molecule has 2 bridgehead atoms. The first-order valence-corrected chi connectivity index (χ1v) is 10.0. The van der Waals surface area contributed by atoms with Gasteiger partial charge < -0.3 is 15.4 Å². The van der Waals surface area contributed by atoms with Gasteiger partial charge in [-0.1, -0.05) is 43.2 Å². The molecule has 3 unspecified atom stereocenters. The van der Waals surface area contributed by atoms with E-state index in [-0.39, 0.29) is 29.4 Å². The molecule has 26 heavy (non-hydrogen) atoms. The van der Waals surface area contributed by atoms with Gasteiger partial charge in [0.15, 0.2) is 5.96 Å². The van der Waals surface area contributed by atoms with Gasteiger partial charge in [0, 0.05) is 12.0 Å². The van der Waals surface area contributed by atoms with Crippen LogP contribution in [0.5, 0.6) is 0 Å². The lowest BCUT2D eigenvalue weighted by Crippen LogP contribution is -2.48. The molecule has 1 saturated carbocycles. The zero-order valence-corrected chi connectivity index (χ0v) is 18.1. The maximum atomic E-state index is 5.99. The Bertz CT molecular complexity index is 601. The maximum absolute atomic E-state index is 5.99. The van der Waals surface area contributed by atoms with Gasteiger partial charge in [-0.3, -0.25) is 4.99 Å². The Morgan fingerprint density at radius 3 is 2.58 bits per heavy atom. The molecule has 3 fully saturated rings. The van der Waals surface area contributed by atoms with E-state index in [0.29, 0.717) is 18.2 Å². The molecular formula is C21H32IN3O. The highest BCUT2D eigenvalue weighted by molar-refractivity contribution is 14.0. The van der Waals surface area contributed by atoms with Gasteiger partial charge in [-0.05, 0) is 44.6 Å². The van der Waals surface area contributed by atoms with Gasteiger partial charge in [0.1, 0.15) is 0 Å². The van der Waals surface area contributed by atoms with Gasteiger partial charge in [0.05, 0.1) is 24.8 Å². The first-order valence-electron chi connectivity index (χ1n) is 10.0. The van der Waals surface area contributed by atoms with Crippen LogP contribution in [-0.4, -0.2) is 37.3 Å². The van der Waals surface area contributed by atoms with E-state index >= 15 is 0 Å². The fourth-order valence-corrected chi connectivity index (χ4v) is 4.90. The minimum Gasteiger partial charge on any atom is -0.373 e. The monoisotopic (exact) mass is 469 g/mol. The van der Waals surface area contributed by atoms with Gasteiger partial charge >= 0.3 is 0 Å². The van der Waals surface area contributed by atoms with Crippen LogP contribution in [0.2, 0.25) is 0 Å². The summed E-state index contributed by atoms with van der Waals surface area (Å²) >= 11 is 0. The molecule has 1 aromatic rings. The van der Waals surface area contributed by atoms with E-state index in [1.807, 2.05) is 0 Å². The van der Waals surface area contributed by atoms with Crippen molar-refractivity contribution in [2.45, 2.75) is 75.5 Å². The second kappa shape index (κ2) is 8.91. The predicted molar refractivity (Wildman–Crippen MR) is 117 cm³/mol. The largest absolute Gasteiger partial charge is 0.373 e. The first-order chi connectivity index (χ1) is 12.3. The third-order valence-corrected chi connectivity index (χ3v) is 6.26. The molecule has 5 heteroatoms. The summed E-state index contributed by atoms with van der Waals surface area (Å²) in [6.45, 7) is 3.90. The van der Waals surface area contributed by atoms with Crippen molar-refractivity contribution in [3.05, 3.63) is 35.9 Å². The quantitative estimate of drug-likeness (QED) is 0.390. The molecule has 2 N–H and O–H groups in total. The van der Waals surface area contributed by atoms with Crippen LogP contribution in [0, 0.1) is 0 Å². The number of guanidine groups is 1. The Kier molecular flexibility index (Phi) is 6.83. The molecule has 144 valence electrons. The summed E-state index contributed by atoms with van der Waals surface area (Å²) in [5.41, 5.74) is 1.67. The molecule has 0 aromatic heterocycles. The van der Waals surface area contributed by atoms with E-state index in [1.54, 1.807) is 0 Å². The Morgan fingerprint density at radius 2 is 1.96 bits per heavy atom. The number of nitrogens with one attached hydrogen (secondary N) is 2. The van der Waals surface area contributed by atoms with E-state index in [9.17, 15) is 0 Å². The van der Waals surface area contributed by atoms with E-state index in [4.69, 9.17) is 9.73 Å². The van der Waals surface area contributed by atoms with E-state index in [2.05, 4.69) is 47.9 Å². The lowest BCUT2D eigenvalue weighted by atomic mass is 9.79. The standard InChI is InChI=1S/C21H31N3O.HI/c1-2-22-20(24-18-14-17-10-11-19(18)25-17)23-15-21(12-6-7-13-21)16-8-4-3-5-9-16;/h3-5,8-9,17-19H,2,6-7,10-15H2,1H3,(H2,22,23,24);1H. The van der Waals surface area contributed by atoms with Crippen molar-refractivity contribution in [2.24, 2.45) is 4.99 Å². The molecule has 4 rings (SSSR count). The van der Waals surface area contributed by atoms with Crippen molar-refractivity contribution in [2.75, 3.05) is 13.1 Å². The zero-order valence-electron chi connectivity index (χ0n) is 15.7. The molecule has 2 aliphatic heterocycles.